The molecule has 1 aliphatic heterocycles. The molecule has 0 unspecified atom stereocenters. The summed E-state index contributed by atoms with van der Waals surface area (Å²) in [5.41, 5.74) is 1.43. The van der Waals surface area contributed by atoms with E-state index < -0.39 is 42.5 Å². The van der Waals surface area contributed by atoms with Gasteiger partial charge in [0.15, 0.2) is 6.61 Å². The third-order valence-electron chi connectivity index (χ3n) is 5.17. The number of hydrogen-bond donors (Lipinski definition) is 2. The molecule has 1 saturated heterocycles. The fourth-order valence-corrected chi connectivity index (χ4v) is 3.32. The van der Waals surface area contributed by atoms with Gasteiger partial charge in [-0.3, -0.25) is 19.3 Å². The summed E-state index contributed by atoms with van der Waals surface area (Å²) in [6, 6.07) is 16.2. The van der Waals surface area contributed by atoms with Crippen LogP contribution in [-0.4, -0.2) is 47.4 Å². The number of carbonyl (C=O) groups is 4. The molecule has 162 valence electrons. The molecule has 1 atom stereocenters. The van der Waals surface area contributed by atoms with Crippen molar-refractivity contribution in [2.45, 2.75) is 32.2 Å². The first kappa shape index (κ1) is 22.0. The van der Waals surface area contributed by atoms with Crippen molar-refractivity contribution in [3.05, 3.63) is 65.7 Å². The first-order chi connectivity index (χ1) is 14.8. The summed E-state index contributed by atoms with van der Waals surface area (Å²) in [4.78, 5) is 50.0. The Balaban J connectivity index is 1.50. The van der Waals surface area contributed by atoms with Crippen LogP contribution in [0, 0.1) is 6.92 Å². The summed E-state index contributed by atoms with van der Waals surface area (Å²) in [5.74, 6) is -1.84. The molecule has 8 nitrogen and oxygen atoms in total. The van der Waals surface area contributed by atoms with E-state index in [0.717, 1.165) is 16.0 Å². The van der Waals surface area contributed by atoms with Crippen LogP contribution in [0.15, 0.2) is 54.6 Å². The molecule has 0 aromatic heterocycles. The topological polar surface area (TPSA) is 105 Å². The molecule has 0 radical (unpaired) electrons. The van der Waals surface area contributed by atoms with Crippen molar-refractivity contribution in [1.82, 2.24) is 10.2 Å². The number of nitrogens with one attached hydrogen (secondary N) is 2. The van der Waals surface area contributed by atoms with Crippen LogP contribution in [-0.2, 0) is 25.5 Å². The summed E-state index contributed by atoms with van der Waals surface area (Å²) in [7, 11) is 0. The molecule has 3 rings (SSSR count). The number of anilines is 1. The lowest BCUT2D eigenvalue weighted by Gasteiger charge is -2.21. The quantitative estimate of drug-likeness (QED) is 0.501. The molecule has 2 aromatic rings. The van der Waals surface area contributed by atoms with Gasteiger partial charge in [-0.2, -0.15) is 0 Å². The highest BCUT2D eigenvalue weighted by molar-refractivity contribution is 6.08. The Kier molecular flexibility index (Phi) is 6.69. The Labute approximate surface area is 180 Å². The standard InChI is InChI=1S/C23H25N3O5/c1-16-8-6-7-11-18(16)24-19(27)15-31-20(28)14-26-21(29)23(2,25-22(26)30)13-12-17-9-4-3-5-10-17/h3-11H,12-15H2,1-2H3,(H,24,27)(H,25,30)/t23-/m1/s1. The Morgan fingerprint density at radius 3 is 2.45 bits per heavy atom. The summed E-state index contributed by atoms with van der Waals surface area (Å²) < 4.78 is 4.95. The van der Waals surface area contributed by atoms with Gasteiger partial charge in [0, 0.05) is 5.69 Å². The highest BCUT2D eigenvalue weighted by Gasteiger charge is 2.48. The Morgan fingerprint density at radius 1 is 1.06 bits per heavy atom. The second kappa shape index (κ2) is 9.42. The minimum atomic E-state index is -1.10. The maximum Gasteiger partial charge on any atom is 0.326 e. The van der Waals surface area contributed by atoms with Gasteiger partial charge in [-0.05, 0) is 43.9 Å². The van der Waals surface area contributed by atoms with E-state index >= 15 is 0 Å². The van der Waals surface area contributed by atoms with Crippen molar-refractivity contribution < 1.29 is 23.9 Å². The van der Waals surface area contributed by atoms with Gasteiger partial charge in [-0.15, -0.1) is 0 Å². The third kappa shape index (κ3) is 5.48. The number of carbonyl (C=O) groups excluding carboxylic acids is 4. The van der Waals surface area contributed by atoms with Crippen LogP contribution in [0.25, 0.3) is 0 Å². The number of esters is 1. The molecule has 0 bridgehead atoms. The number of amides is 4. The molecule has 1 fully saturated rings. The number of aryl methyl sites for hydroxylation is 2. The smallest absolute Gasteiger partial charge is 0.326 e. The van der Waals surface area contributed by atoms with Crippen molar-refractivity contribution in [3.8, 4) is 0 Å². The summed E-state index contributed by atoms with van der Waals surface area (Å²) in [5, 5.41) is 5.31. The van der Waals surface area contributed by atoms with E-state index in [1.165, 1.54) is 0 Å². The molecular weight excluding hydrogens is 398 g/mol. The first-order valence-electron chi connectivity index (χ1n) is 9.97. The van der Waals surface area contributed by atoms with Crippen molar-refractivity contribution in [2.24, 2.45) is 0 Å². The minimum Gasteiger partial charge on any atom is -0.454 e. The van der Waals surface area contributed by atoms with E-state index in [0.29, 0.717) is 18.5 Å². The van der Waals surface area contributed by atoms with Crippen LogP contribution in [0.3, 0.4) is 0 Å². The molecule has 2 N–H and O–H groups in total. The molecule has 2 aromatic carbocycles. The van der Waals surface area contributed by atoms with E-state index in [2.05, 4.69) is 10.6 Å². The highest BCUT2D eigenvalue weighted by atomic mass is 16.5. The van der Waals surface area contributed by atoms with Crippen LogP contribution < -0.4 is 10.6 Å². The lowest BCUT2D eigenvalue weighted by molar-refractivity contribution is -0.150. The first-order valence-corrected chi connectivity index (χ1v) is 9.97. The molecule has 0 spiro atoms. The molecule has 0 saturated carbocycles. The van der Waals surface area contributed by atoms with Gasteiger partial charge in [-0.1, -0.05) is 48.5 Å². The number of para-hydroxylation sites is 1. The molecule has 1 aliphatic rings. The molecule has 8 heteroatoms. The van der Waals surface area contributed by atoms with E-state index in [4.69, 9.17) is 4.74 Å². The SMILES string of the molecule is Cc1ccccc1NC(=O)COC(=O)CN1C(=O)N[C@](C)(CCc2ccccc2)C1=O. The Bertz CT molecular complexity index is 992. The number of rotatable bonds is 8. The van der Waals surface area contributed by atoms with Gasteiger partial charge in [-0.25, -0.2) is 4.79 Å². The fourth-order valence-electron chi connectivity index (χ4n) is 3.32. The number of imide groups is 1. The zero-order valence-corrected chi connectivity index (χ0v) is 17.5. The van der Waals surface area contributed by atoms with Gasteiger partial charge in [0.25, 0.3) is 11.8 Å². The molecular formula is C23H25N3O5. The summed E-state index contributed by atoms with van der Waals surface area (Å²) >= 11 is 0. The third-order valence-corrected chi connectivity index (χ3v) is 5.17. The number of benzene rings is 2. The molecule has 1 heterocycles. The second-order valence-corrected chi connectivity index (χ2v) is 7.66. The predicted octanol–water partition coefficient (Wildman–Crippen LogP) is 2.42. The van der Waals surface area contributed by atoms with E-state index in [1.54, 1.807) is 19.1 Å². The average Bonchev–Trinajstić information content (AvgIpc) is 2.96. The molecule has 31 heavy (non-hydrogen) atoms. The van der Waals surface area contributed by atoms with Crippen molar-refractivity contribution in [1.29, 1.82) is 0 Å². The van der Waals surface area contributed by atoms with Crippen LogP contribution in [0.1, 0.15) is 24.5 Å². The number of nitrogens with zero attached hydrogens (tertiary/aromatic N) is 1. The Morgan fingerprint density at radius 2 is 1.74 bits per heavy atom. The fraction of sp³-hybridized carbons (Fsp3) is 0.304. The maximum atomic E-state index is 12.8. The van der Waals surface area contributed by atoms with Gasteiger partial charge in [0.2, 0.25) is 0 Å². The minimum absolute atomic E-state index is 0.395. The second-order valence-electron chi connectivity index (χ2n) is 7.66. The van der Waals surface area contributed by atoms with Crippen LogP contribution >= 0.6 is 0 Å². The monoisotopic (exact) mass is 423 g/mol. The maximum absolute atomic E-state index is 12.8. The number of hydrogen-bond acceptors (Lipinski definition) is 5. The molecule has 0 aliphatic carbocycles. The summed E-state index contributed by atoms with van der Waals surface area (Å²) in [6.45, 7) is 2.41. The molecule has 4 amide bonds. The van der Waals surface area contributed by atoms with Crippen molar-refractivity contribution in [3.63, 3.8) is 0 Å². The predicted molar refractivity (Wildman–Crippen MR) is 114 cm³/mol. The highest BCUT2D eigenvalue weighted by Crippen LogP contribution is 2.23. The van der Waals surface area contributed by atoms with Crippen LogP contribution in [0.4, 0.5) is 10.5 Å². The average molecular weight is 423 g/mol. The van der Waals surface area contributed by atoms with E-state index in [1.807, 2.05) is 49.4 Å². The number of urea groups is 1. The lowest BCUT2D eigenvalue weighted by atomic mass is 9.93. The van der Waals surface area contributed by atoms with Gasteiger partial charge in [0.1, 0.15) is 12.1 Å². The van der Waals surface area contributed by atoms with Crippen LogP contribution in [0.2, 0.25) is 0 Å². The zero-order chi connectivity index (χ0) is 22.4. The van der Waals surface area contributed by atoms with Gasteiger partial charge < -0.3 is 15.4 Å². The Hall–Kier alpha value is -3.68. The van der Waals surface area contributed by atoms with Gasteiger partial charge in [0.05, 0.1) is 0 Å². The van der Waals surface area contributed by atoms with Crippen molar-refractivity contribution >= 4 is 29.5 Å². The lowest BCUT2D eigenvalue weighted by Crippen LogP contribution is -2.44. The summed E-state index contributed by atoms with van der Waals surface area (Å²) in [6.07, 6.45) is 0.993. The van der Waals surface area contributed by atoms with Crippen LogP contribution in [0.5, 0.6) is 0 Å². The van der Waals surface area contributed by atoms with Gasteiger partial charge >= 0.3 is 12.0 Å². The normalized spacial score (nSPS) is 17.9. The zero-order valence-electron chi connectivity index (χ0n) is 17.5. The number of ether oxygens (including phenoxy) is 1. The van der Waals surface area contributed by atoms with E-state index in [-0.39, 0.29) is 0 Å². The largest absolute Gasteiger partial charge is 0.454 e. The van der Waals surface area contributed by atoms with Crippen molar-refractivity contribution in [2.75, 3.05) is 18.5 Å². The van der Waals surface area contributed by atoms with E-state index in [9.17, 15) is 19.2 Å².